The van der Waals surface area contributed by atoms with Gasteiger partial charge in [0, 0.05) is 35.4 Å². The van der Waals surface area contributed by atoms with Gasteiger partial charge in [-0.1, -0.05) is 11.6 Å². The Balaban J connectivity index is 1.39. The average molecular weight is 358 g/mol. The summed E-state index contributed by atoms with van der Waals surface area (Å²) in [6.45, 7) is 3.30. The monoisotopic (exact) mass is 357 g/mol. The fraction of sp³-hybridized carbons (Fsp3) is 0.368. The van der Waals surface area contributed by atoms with Gasteiger partial charge >= 0.3 is 0 Å². The van der Waals surface area contributed by atoms with E-state index >= 15 is 0 Å². The molecular formula is C19H20ClN3O2. The fourth-order valence-electron chi connectivity index (χ4n) is 3.62. The highest BCUT2D eigenvalue weighted by molar-refractivity contribution is 6.30. The van der Waals surface area contributed by atoms with Crippen molar-refractivity contribution in [1.29, 1.82) is 0 Å². The van der Waals surface area contributed by atoms with Crippen LogP contribution in [-0.2, 0) is 0 Å². The van der Waals surface area contributed by atoms with Crippen molar-refractivity contribution in [2.45, 2.75) is 18.9 Å². The molecule has 3 aliphatic heterocycles. The number of benzene rings is 1. The number of amides is 1. The summed E-state index contributed by atoms with van der Waals surface area (Å²) in [7, 11) is 0. The molecule has 2 aromatic rings. The van der Waals surface area contributed by atoms with Crippen LogP contribution < -0.4 is 10.1 Å². The van der Waals surface area contributed by atoms with Gasteiger partial charge in [0.2, 0.25) is 5.88 Å². The van der Waals surface area contributed by atoms with Crippen molar-refractivity contribution in [1.82, 2.24) is 15.2 Å². The van der Waals surface area contributed by atoms with E-state index in [0.717, 1.165) is 6.54 Å². The Bertz CT molecular complexity index is 758. The Morgan fingerprint density at radius 2 is 1.96 bits per heavy atom. The predicted molar refractivity (Wildman–Crippen MR) is 96.2 cm³/mol. The lowest BCUT2D eigenvalue weighted by molar-refractivity contribution is 0.0620. The number of pyridine rings is 1. The van der Waals surface area contributed by atoms with Crippen molar-refractivity contribution < 1.29 is 9.53 Å². The number of nitrogens with one attached hydrogen (secondary N) is 1. The van der Waals surface area contributed by atoms with Crippen LogP contribution in [0.3, 0.4) is 0 Å². The first-order valence-corrected chi connectivity index (χ1v) is 8.98. The molecule has 0 unspecified atom stereocenters. The standard InChI is InChI=1S/C19H20ClN3O2/c20-15-5-8-21-18(11-15)25-16-3-1-14(2-4-16)19(24)22-17-12-23-9-6-13(17)7-10-23/h1-5,8,11,13,17H,6-7,9-10,12H2,(H,22,24)/t17-/m0/s1. The molecule has 6 heteroatoms. The lowest BCUT2D eigenvalue weighted by Gasteiger charge is -2.44. The van der Waals surface area contributed by atoms with Crippen LogP contribution in [-0.4, -0.2) is 41.5 Å². The van der Waals surface area contributed by atoms with Crippen molar-refractivity contribution in [3.63, 3.8) is 0 Å². The number of aromatic nitrogens is 1. The second kappa shape index (κ2) is 7.02. The van der Waals surface area contributed by atoms with Gasteiger partial charge in [-0.05, 0) is 62.2 Å². The SMILES string of the molecule is O=C(N[C@H]1CN2CCC1CC2)c1ccc(Oc2cc(Cl)ccn2)cc1. The summed E-state index contributed by atoms with van der Waals surface area (Å²) in [6, 6.07) is 10.7. The summed E-state index contributed by atoms with van der Waals surface area (Å²) in [6.07, 6.45) is 3.96. The quantitative estimate of drug-likeness (QED) is 0.911. The molecule has 5 rings (SSSR count). The van der Waals surface area contributed by atoms with E-state index in [0.29, 0.717) is 28.1 Å². The highest BCUT2D eigenvalue weighted by Crippen LogP contribution is 2.28. The number of halogens is 1. The van der Waals surface area contributed by atoms with Gasteiger partial charge in [-0.25, -0.2) is 4.98 Å². The minimum Gasteiger partial charge on any atom is -0.439 e. The third-order valence-electron chi connectivity index (χ3n) is 5.01. The van der Waals surface area contributed by atoms with Gasteiger partial charge in [0.1, 0.15) is 5.75 Å². The molecule has 1 N–H and O–H groups in total. The number of nitrogens with zero attached hydrogens (tertiary/aromatic N) is 2. The van der Waals surface area contributed by atoms with E-state index in [-0.39, 0.29) is 11.9 Å². The maximum Gasteiger partial charge on any atom is 0.251 e. The van der Waals surface area contributed by atoms with E-state index in [9.17, 15) is 4.79 Å². The van der Waals surface area contributed by atoms with Gasteiger partial charge in [-0.2, -0.15) is 0 Å². The van der Waals surface area contributed by atoms with Crippen molar-refractivity contribution in [2.24, 2.45) is 5.92 Å². The summed E-state index contributed by atoms with van der Waals surface area (Å²) in [5.41, 5.74) is 0.642. The molecule has 130 valence electrons. The molecule has 4 heterocycles. The summed E-state index contributed by atoms with van der Waals surface area (Å²) >= 11 is 5.92. The van der Waals surface area contributed by atoms with Crippen LogP contribution in [0.5, 0.6) is 11.6 Å². The van der Waals surface area contributed by atoms with Crippen molar-refractivity contribution in [3.8, 4) is 11.6 Å². The summed E-state index contributed by atoms with van der Waals surface area (Å²) in [5, 5.41) is 3.76. The van der Waals surface area contributed by atoms with Crippen molar-refractivity contribution >= 4 is 17.5 Å². The second-order valence-electron chi connectivity index (χ2n) is 6.66. The molecule has 2 bridgehead atoms. The van der Waals surface area contributed by atoms with Crippen molar-refractivity contribution in [3.05, 3.63) is 53.2 Å². The second-order valence-corrected chi connectivity index (χ2v) is 7.09. The first-order chi connectivity index (χ1) is 12.2. The normalized spacial score (nSPS) is 24.8. The third-order valence-corrected chi connectivity index (χ3v) is 5.24. The number of piperidine rings is 3. The van der Waals surface area contributed by atoms with Gasteiger partial charge in [0.25, 0.3) is 5.91 Å². The van der Waals surface area contributed by atoms with E-state index in [2.05, 4.69) is 15.2 Å². The third kappa shape index (κ3) is 3.78. The fourth-order valence-corrected chi connectivity index (χ4v) is 3.77. The Hall–Kier alpha value is -2.11. The van der Waals surface area contributed by atoms with Crippen molar-refractivity contribution in [2.75, 3.05) is 19.6 Å². The number of hydrogen-bond acceptors (Lipinski definition) is 4. The lowest BCUT2D eigenvalue weighted by Crippen LogP contribution is -2.57. The number of ether oxygens (including phenoxy) is 1. The van der Waals surface area contributed by atoms with Crippen LogP contribution >= 0.6 is 11.6 Å². The van der Waals surface area contributed by atoms with E-state index in [1.54, 1.807) is 42.6 Å². The Morgan fingerprint density at radius 1 is 1.20 bits per heavy atom. The maximum atomic E-state index is 12.5. The number of hydrogen-bond donors (Lipinski definition) is 1. The zero-order valence-electron chi connectivity index (χ0n) is 13.8. The molecule has 3 saturated heterocycles. The molecule has 1 aromatic carbocycles. The first kappa shape index (κ1) is 16.4. The molecule has 5 nitrogen and oxygen atoms in total. The molecule has 0 radical (unpaired) electrons. The molecule has 3 aliphatic rings. The molecule has 0 aliphatic carbocycles. The minimum atomic E-state index is -0.0221. The molecule has 1 atom stereocenters. The zero-order chi connectivity index (χ0) is 17.2. The van der Waals surface area contributed by atoms with Crippen LogP contribution in [0.2, 0.25) is 5.02 Å². The highest BCUT2D eigenvalue weighted by atomic mass is 35.5. The largest absolute Gasteiger partial charge is 0.439 e. The minimum absolute atomic E-state index is 0.0221. The van der Waals surface area contributed by atoms with Crippen LogP contribution in [0.25, 0.3) is 0 Å². The number of carbonyl (C=O) groups excluding carboxylic acids is 1. The maximum absolute atomic E-state index is 12.5. The van der Waals surface area contributed by atoms with E-state index in [1.807, 2.05) is 0 Å². The molecule has 1 aromatic heterocycles. The molecular weight excluding hydrogens is 338 g/mol. The Labute approximate surface area is 152 Å². The number of rotatable bonds is 4. The first-order valence-electron chi connectivity index (χ1n) is 8.60. The van der Waals surface area contributed by atoms with E-state index in [1.165, 1.54) is 25.9 Å². The van der Waals surface area contributed by atoms with Crippen LogP contribution in [0.4, 0.5) is 0 Å². The van der Waals surface area contributed by atoms with Crippen LogP contribution in [0, 0.1) is 5.92 Å². The summed E-state index contributed by atoms with van der Waals surface area (Å²) < 4.78 is 5.65. The number of carbonyl (C=O) groups is 1. The predicted octanol–water partition coefficient (Wildman–Crippen LogP) is 3.35. The number of fused-ring (bicyclic) bond motifs is 3. The summed E-state index contributed by atoms with van der Waals surface area (Å²) in [5.74, 6) is 1.64. The Morgan fingerprint density at radius 3 is 2.60 bits per heavy atom. The average Bonchev–Trinajstić information content (AvgIpc) is 2.63. The topological polar surface area (TPSA) is 54.5 Å². The van der Waals surface area contributed by atoms with Gasteiger partial charge in [-0.3, -0.25) is 4.79 Å². The zero-order valence-corrected chi connectivity index (χ0v) is 14.6. The van der Waals surface area contributed by atoms with Gasteiger partial charge in [0.05, 0.1) is 0 Å². The lowest BCUT2D eigenvalue weighted by atomic mass is 9.84. The van der Waals surface area contributed by atoms with Crippen LogP contribution in [0.15, 0.2) is 42.6 Å². The highest BCUT2D eigenvalue weighted by Gasteiger charge is 2.34. The van der Waals surface area contributed by atoms with Gasteiger partial charge in [-0.15, -0.1) is 0 Å². The van der Waals surface area contributed by atoms with Crippen LogP contribution in [0.1, 0.15) is 23.2 Å². The molecule has 25 heavy (non-hydrogen) atoms. The molecule has 0 saturated carbocycles. The van der Waals surface area contributed by atoms with E-state index in [4.69, 9.17) is 16.3 Å². The van der Waals surface area contributed by atoms with E-state index < -0.39 is 0 Å². The smallest absolute Gasteiger partial charge is 0.251 e. The summed E-state index contributed by atoms with van der Waals surface area (Å²) in [4.78, 5) is 19.0. The molecule has 1 amide bonds. The van der Waals surface area contributed by atoms with Gasteiger partial charge < -0.3 is 15.0 Å². The Kier molecular flexibility index (Phi) is 4.59. The molecule has 3 fully saturated rings. The molecule has 0 spiro atoms. The van der Waals surface area contributed by atoms with Gasteiger partial charge in [0.15, 0.2) is 0 Å².